The number of imidazole rings is 1. The van der Waals surface area contributed by atoms with E-state index in [-0.39, 0.29) is 5.91 Å². The number of amides is 1. The zero-order valence-electron chi connectivity index (χ0n) is 11.8. The van der Waals surface area contributed by atoms with Crippen LogP contribution in [-0.4, -0.2) is 22.4 Å². The summed E-state index contributed by atoms with van der Waals surface area (Å²) in [5.41, 5.74) is 2.79. The molecule has 5 heteroatoms. The van der Waals surface area contributed by atoms with E-state index in [9.17, 15) is 4.79 Å². The van der Waals surface area contributed by atoms with Crippen LogP contribution in [0.2, 0.25) is 0 Å². The molecule has 3 rings (SSSR count). The van der Waals surface area contributed by atoms with Gasteiger partial charge in [-0.15, -0.1) is 0 Å². The molecule has 1 aromatic carbocycles. The number of hydrogen-bond acceptors (Lipinski definition) is 3. The molecule has 0 radical (unpaired) electrons. The molecule has 21 heavy (non-hydrogen) atoms. The van der Waals surface area contributed by atoms with E-state index >= 15 is 0 Å². The number of benzene rings is 1. The number of pyridine rings is 1. The molecule has 0 saturated carbocycles. The number of carbonyl (C=O) groups excluding carboxylic acids is 1. The SMILES string of the molecule is COc1ccc(NC(=O)c2cccn3cc(C)nc23)cc1. The van der Waals surface area contributed by atoms with Crippen molar-refractivity contribution in [1.29, 1.82) is 0 Å². The first-order valence-corrected chi connectivity index (χ1v) is 6.57. The summed E-state index contributed by atoms with van der Waals surface area (Å²) in [6, 6.07) is 10.8. The van der Waals surface area contributed by atoms with Crippen molar-refractivity contribution in [1.82, 2.24) is 9.38 Å². The van der Waals surface area contributed by atoms with Gasteiger partial charge in [0.15, 0.2) is 0 Å². The number of aryl methyl sites for hydroxylation is 1. The van der Waals surface area contributed by atoms with Crippen molar-refractivity contribution >= 4 is 17.2 Å². The molecule has 0 unspecified atom stereocenters. The van der Waals surface area contributed by atoms with Gasteiger partial charge in [0.05, 0.1) is 18.4 Å². The fourth-order valence-electron chi connectivity index (χ4n) is 2.19. The molecule has 106 valence electrons. The van der Waals surface area contributed by atoms with Crippen molar-refractivity contribution in [3.8, 4) is 5.75 Å². The van der Waals surface area contributed by atoms with Gasteiger partial charge >= 0.3 is 0 Å². The maximum Gasteiger partial charge on any atom is 0.259 e. The summed E-state index contributed by atoms with van der Waals surface area (Å²) in [6.07, 6.45) is 3.76. The topological polar surface area (TPSA) is 55.6 Å². The molecule has 0 saturated heterocycles. The third-order valence-electron chi connectivity index (χ3n) is 3.20. The first-order chi connectivity index (χ1) is 10.2. The van der Waals surface area contributed by atoms with Gasteiger partial charge in [-0.25, -0.2) is 4.98 Å². The number of rotatable bonds is 3. The Labute approximate surface area is 122 Å². The van der Waals surface area contributed by atoms with Crippen LogP contribution in [0.5, 0.6) is 5.75 Å². The summed E-state index contributed by atoms with van der Waals surface area (Å²) in [5, 5.41) is 2.86. The zero-order valence-corrected chi connectivity index (χ0v) is 11.8. The van der Waals surface area contributed by atoms with E-state index in [1.165, 1.54) is 0 Å². The molecule has 0 spiro atoms. The largest absolute Gasteiger partial charge is 0.497 e. The maximum absolute atomic E-state index is 12.4. The lowest BCUT2D eigenvalue weighted by atomic mass is 10.2. The van der Waals surface area contributed by atoms with Gasteiger partial charge in [-0.1, -0.05) is 0 Å². The number of ether oxygens (including phenoxy) is 1. The monoisotopic (exact) mass is 281 g/mol. The van der Waals surface area contributed by atoms with Crippen LogP contribution >= 0.6 is 0 Å². The third-order valence-corrected chi connectivity index (χ3v) is 3.20. The van der Waals surface area contributed by atoms with Crippen LogP contribution in [0.25, 0.3) is 5.65 Å². The van der Waals surface area contributed by atoms with Gasteiger partial charge in [-0.05, 0) is 43.3 Å². The standard InChI is InChI=1S/C16H15N3O2/c1-11-10-19-9-3-4-14(15(19)17-11)16(20)18-12-5-7-13(21-2)8-6-12/h3-10H,1-2H3,(H,18,20). The van der Waals surface area contributed by atoms with Gasteiger partial charge in [0.25, 0.3) is 5.91 Å². The predicted octanol–water partition coefficient (Wildman–Crippen LogP) is 2.90. The van der Waals surface area contributed by atoms with Crippen molar-refractivity contribution < 1.29 is 9.53 Å². The second-order valence-electron chi connectivity index (χ2n) is 4.72. The Bertz CT molecular complexity index is 791. The number of hydrogen-bond donors (Lipinski definition) is 1. The molecule has 0 aliphatic carbocycles. The lowest BCUT2D eigenvalue weighted by Crippen LogP contribution is -2.13. The van der Waals surface area contributed by atoms with E-state index < -0.39 is 0 Å². The molecule has 0 fully saturated rings. The van der Waals surface area contributed by atoms with Crippen LogP contribution in [0.4, 0.5) is 5.69 Å². The Hall–Kier alpha value is -2.82. The third kappa shape index (κ3) is 2.58. The van der Waals surface area contributed by atoms with Crippen molar-refractivity contribution in [3.63, 3.8) is 0 Å². The van der Waals surface area contributed by atoms with Crippen LogP contribution < -0.4 is 10.1 Å². The number of fused-ring (bicyclic) bond motifs is 1. The Kier molecular flexibility index (Phi) is 3.31. The minimum absolute atomic E-state index is 0.184. The molecular formula is C16H15N3O2. The molecule has 0 aliphatic rings. The van der Waals surface area contributed by atoms with Crippen LogP contribution in [-0.2, 0) is 0 Å². The highest BCUT2D eigenvalue weighted by atomic mass is 16.5. The average Bonchev–Trinajstić information content (AvgIpc) is 2.87. The first kappa shape index (κ1) is 13.2. The number of aromatic nitrogens is 2. The Morgan fingerprint density at radius 1 is 1.24 bits per heavy atom. The van der Waals surface area contributed by atoms with Crippen molar-refractivity contribution in [2.45, 2.75) is 6.92 Å². The second kappa shape index (κ2) is 5.28. The summed E-state index contributed by atoms with van der Waals surface area (Å²) in [5.74, 6) is 0.565. The maximum atomic E-state index is 12.4. The highest BCUT2D eigenvalue weighted by Crippen LogP contribution is 2.17. The molecular weight excluding hydrogens is 266 g/mol. The van der Waals surface area contributed by atoms with Gasteiger partial charge < -0.3 is 14.5 Å². The fraction of sp³-hybridized carbons (Fsp3) is 0.125. The van der Waals surface area contributed by atoms with E-state index in [2.05, 4.69) is 10.3 Å². The molecule has 2 aromatic heterocycles. The van der Waals surface area contributed by atoms with E-state index in [4.69, 9.17) is 4.74 Å². The van der Waals surface area contributed by atoms with Crippen LogP contribution in [0.3, 0.4) is 0 Å². The summed E-state index contributed by atoms with van der Waals surface area (Å²) in [7, 11) is 1.61. The van der Waals surface area contributed by atoms with Gasteiger partial charge in [-0.3, -0.25) is 4.79 Å². The molecule has 0 aliphatic heterocycles. The van der Waals surface area contributed by atoms with E-state index in [1.807, 2.05) is 29.8 Å². The quantitative estimate of drug-likeness (QED) is 0.803. The van der Waals surface area contributed by atoms with Crippen molar-refractivity contribution in [3.05, 3.63) is 60.0 Å². The Balaban J connectivity index is 1.89. The molecule has 3 aromatic rings. The smallest absolute Gasteiger partial charge is 0.259 e. The summed E-state index contributed by atoms with van der Waals surface area (Å²) >= 11 is 0. The van der Waals surface area contributed by atoms with Crippen LogP contribution in [0.1, 0.15) is 16.1 Å². The van der Waals surface area contributed by atoms with E-state index in [1.54, 1.807) is 37.4 Å². The molecule has 0 bridgehead atoms. The lowest BCUT2D eigenvalue weighted by Gasteiger charge is -2.07. The Morgan fingerprint density at radius 3 is 2.71 bits per heavy atom. The van der Waals surface area contributed by atoms with Crippen LogP contribution in [0, 0.1) is 6.92 Å². The lowest BCUT2D eigenvalue weighted by molar-refractivity contribution is 0.102. The number of nitrogens with one attached hydrogen (secondary N) is 1. The van der Waals surface area contributed by atoms with E-state index in [0.717, 1.165) is 11.4 Å². The van der Waals surface area contributed by atoms with Crippen molar-refractivity contribution in [2.24, 2.45) is 0 Å². The molecule has 1 N–H and O–H groups in total. The molecule has 5 nitrogen and oxygen atoms in total. The van der Waals surface area contributed by atoms with Gasteiger partial charge in [-0.2, -0.15) is 0 Å². The predicted molar refractivity (Wildman–Crippen MR) is 80.9 cm³/mol. The molecule has 2 heterocycles. The second-order valence-corrected chi connectivity index (χ2v) is 4.72. The molecule has 0 atom stereocenters. The van der Waals surface area contributed by atoms with Crippen molar-refractivity contribution in [2.75, 3.05) is 12.4 Å². The number of methoxy groups -OCH3 is 1. The summed E-state index contributed by atoms with van der Waals surface area (Å²) in [6.45, 7) is 1.90. The Morgan fingerprint density at radius 2 is 2.00 bits per heavy atom. The van der Waals surface area contributed by atoms with E-state index in [0.29, 0.717) is 16.9 Å². The highest BCUT2D eigenvalue weighted by molar-refractivity contribution is 6.08. The van der Waals surface area contributed by atoms with Gasteiger partial charge in [0.2, 0.25) is 0 Å². The number of anilines is 1. The first-order valence-electron chi connectivity index (χ1n) is 6.57. The summed E-state index contributed by atoms with van der Waals surface area (Å²) < 4.78 is 6.94. The van der Waals surface area contributed by atoms with Gasteiger partial charge in [0.1, 0.15) is 11.4 Å². The normalized spacial score (nSPS) is 10.6. The average molecular weight is 281 g/mol. The minimum atomic E-state index is -0.184. The molecule has 1 amide bonds. The number of nitrogens with zero attached hydrogens (tertiary/aromatic N) is 2. The fourth-order valence-corrected chi connectivity index (χ4v) is 2.19. The van der Waals surface area contributed by atoms with Crippen LogP contribution in [0.15, 0.2) is 48.8 Å². The highest BCUT2D eigenvalue weighted by Gasteiger charge is 2.12. The van der Waals surface area contributed by atoms with Gasteiger partial charge in [0, 0.05) is 18.1 Å². The summed E-state index contributed by atoms with van der Waals surface area (Å²) in [4.78, 5) is 16.8. The number of carbonyl (C=O) groups is 1. The zero-order chi connectivity index (χ0) is 14.8. The minimum Gasteiger partial charge on any atom is -0.497 e.